The van der Waals surface area contributed by atoms with Gasteiger partial charge >= 0.3 is 0 Å². The molecular formula is C21H29ClIN7. The predicted octanol–water partition coefficient (Wildman–Crippen LogP) is 3.89. The van der Waals surface area contributed by atoms with Gasteiger partial charge in [0, 0.05) is 56.5 Å². The summed E-state index contributed by atoms with van der Waals surface area (Å²) in [5.41, 5.74) is 1.14. The Kier molecular flexibility index (Phi) is 10.2. The number of hydrogen-bond acceptors (Lipinski definition) is 3. The minimum Gasteiger partial charge on any atom is -0.356 e. The highest BCUT2D eigenvalue weighted by molar-refractivity contribution is 14.0. The molecule has 0 saturated heterocycles. The van der Waals surface area contributed by atoms with Gasteiger partial charge in [0.15, 0.2) is 5.96 Å². The van der Waals surface area contributed by atoms with Gasteiger partial charge in [0.2, 0.25) is 0 Å². The minimum absolute atomic E-state index is 0. The van der Waals surface area contributed by atoms with Gasteiger partial charge in [-0.1, -0.05) is 23.7 Å². The lowest BCUT2D eigenvalue weighted by atomic mass is 10.1. The zero-order valence-electron chi connectivity index (χ0n) is 17.3. The summed E-state index contributed by atoms with van der Waals surface area (Å²) in [5.74, 6) is 1.84. The number of aliphatic imine (C=N–C) groups is 1. The summed E-state index contributed by atoms with van der Waals surface area (Å²) in [6.07, 6.45) is 9.76. The van der Waals surface area contributed by atoms with Crippen LogP contribution in [0.5, 0.6) is 0 Å². The molecule has 0 aliphatic carbocycles. The largest absolute Gasteiger partial charge is 0.356 e. The van der Waals surface area contributed by atoms with Crippen LogP contribution in [0.1, 0.15) is 30.3 Å². The number of hydrogen-bond donors (Lipinski definition) is 2. The normalized spacial score (nSPS) is 12.3. The molecule has 0 fully saturated rings. The maximum absolute atomic E-state index is 6.04. The van der Waals surface area contributed by atoms with E-state index in [4.69, 9.17) is 11.6 Å². The number of guanidine groups is 1. The van der Waals surface area contributed by atoms with Crippen LogP contribution in [-0.4, -0.2) is 45.4 Å². The Bertz CT molecular complexity index is 890. The number of halogens is 2. The van der Waals surface area contributed by atoms with Gasteiger partial charge < -0.3 is 15.2 Å². The highest BCUT2D eigenvalue weighted by Gasteiger charge is 2.14. The summed E-state index contributed by atoms with van der Waals surface area (Å²) in [6.45, 7) is 4.54. The van der Waals surface area contributed by atoms with E-state index in [1.54, 1.807) is 13.2 Å². The predicted molar refractivity (Wildman–Crippen MR) is 133 cm³/mol. The fraction of sp³-hybridized carbons (Fsp3) is 0.381. The summed E-state index contributed by atoms with van der Waals surface area (Å²) >= 11 is 6.04. The van der Waals surface area contributed by atoms with E-state index in [0.29, 0.717) is 6.54 Å². The molecule has 162 valence electrons. The van der Waals surface area contributed by atoms with Crippen LogP contribution in [0.15, 0.2) is 60.1 Å². The molecule has 2 heterocycles. The van der Waals surface area contributed by atoms with Gasteiger partial charge in [-0.15, -0.1) is 24.0 Å². The first-order valence-corrected chi connectivity index (χ1v) is 10.2. The van der Waals surface area contributed by atoms with Crippen molar-refractivity contribution in [2.45, 2.75) is 32.4 Å². The summed E-state index contributed by atoms with van der Waals surface area (Å²) in [5, 5.41) is 11.9. The van der Waals surface area contributed by atoms with Crippen LogP contribution in [0, 0.1) is 6.92 Å². The van der Waals surface area contributed by atoms with Gasteiger partial charge in [-0.2, -0.15) is 5.10 Å². The third-order valence-corrected chi connectivity index (χ3v) is 5.08. The van der Waals surface area contributed by atoms with Crippen LogP contribution < -0.4 is 10.6 Å². The number of rotatable bonds is 9. The van der Waals surface area contributed by atoms with E-state index < -0.39 is 0 Å². The van der Waals surface area contributed by atoms with E-state index in [2.05, 4.69) is 30.3 Å². The van der Waals surface area contributed by atoms with Crippen molar-refractivity contribution in [2.24, 2.45) is 4.99 Å². The molecule has 7 nitrogen and oxygen atoms in total. The summed E-state index contributed by atoms with van der Waals surface area (Å²) in [4.78, 5) is 8.59. The number of unbranched alkanes of at least 4 members (excludes halogenated alkanes) is 1. The molecule has 2 N–H and O–H groups in total. The molecular weight excluding hydrogens is 513 g/mol. The molecule has 0 spiro atoms. The lowest BCUT2D eigenvalue weighted by molar-refractivity contribution is 0.509. The van der Waals surface area contributed by atoms with Crippen molar-refractivity contribution >= 4 is 41.5 Å². The first-order chi connectivity index (χ1) is 14.2. The molecule has 9 heteroatoms. The van der Waals surface area contributed by atoms with E-state index >= 15 is 0 Å². The number of nitrogens with zero attached hydrogens (tertiary/aromatic N) is 5. The molecule has 0 radical (unpaired) electrons. The van der Waals surface area contributed by atoms with Gasteiger partial charge in [0.25, 0.3) is 0 Å². The first kappa shape index (κ1) is 24.2. The fourth-order valence-electron chi connectivity index (χ4n) is 3.18. The Morgan fingerprint density at radius 1 is 1.13 bits per heavy atom. The van der Waals surface area contributed by atoms with Crippen molar-refractivity contribution in [2.75, 3.05) is 20.1 Å². The Balaban J connectivity index is 0.00000320. The number of aromatic nitrogens is 4. The zero-order chi connectivity index (χ0) is 20.5. The Hall–Kier alpha value is -2.07. The van der Waals surface area contributed by atoms with Crippen molar-refractivity contribution in [1.82, 2.24) is 30.0 Å². The summed E-state index contributed by atoms with van der Waals surface area (Å²) in [7, 11) is 1.79. The number of nitrogens with one attached hydrogen (secondary N) is 2. The molecule has 0 amide bonds. The average Bonchev–Trinajstić information content (AvgIpc) is 3.40. The molecule has 1 aromatic carbocycles. The Labute approximate surface area is 200 Å². The molecule has 0 aliphatic rings. The van der Waals surface area contributed by atoms with Crippen LogP contribution in [0.3, 0.4) is 0 Å². The van der Waals surface area contributed by atoms with E-state index in [1.165, 1.54) is 0 Å². The number of imidazole rings is 1. The quantitative estimate of drug-likeness (QED) is 0.187. The van der Waals surface area contributed by atoms with E-state index in [-0.39, 0.29) is 30.0 Å². The zero-order valence-corrected chi connectivity index (χ0v) is 20.4. The number of aryl methyl sites for hydroxylation is 2. The highest BCUT2D eigenvalue weighted by atomic mass is 127. The van der Waals surface area contributed by atoms with Crippen molar-refractivity contribution in [3.8, 4) is 0 Å². The van der Waals surface area contributed by atoms with E-state index in [9.17, 15) is 0 Å². The minimum atomic E-state index is 0. The van der Waals surface area contributed by atoms with Crippen molar-refractivity contribution in [3.05, 3.63) is 71.5 Å². The number of benzene rings is 1. The lowest BCUT2D eigenvalue weighted by Gasteiger charge is -2.20. The molecule has 0 saturated carbocycles. The SMILES string of the molecule is CN=C(NCCCCn1ccnc1C)NCC(c1ccc(Cl)cc1)n1cccn1.I. The van der Waals surface area contributed by atoms with Crippen LogP contribution in [0.2, 0.25) is 5.02 Å². The van der Waals surface area contributed by atoms with Crippen molar-refractivity contribution in [1.29, 1.82) is 0 Å². The van der Waals surface area contributed by atoms with Gasteiger partial charge in [-0.25, -0.2) is 4.98 Å². The molecule has 2 aromatic heterocycles. The molecule has 0 aliphatic heterocycles. The molecule has 3 rings (SSSR count). The monoisotopic (exact) mass is 541 g/mol. The molecule has 1 atom stereocenters. The average molecular weight is 542 g/mol. The van der Waals surface area contributed by atoms with Crippen LogP contribution in [-0.2, 0) is 6.54 Å². The Morgan fingerprint density at radius 3 is 2.57 bits per heavy atom. The molecule has 30 heavy (non-hydrogen) atoms. The second-order valence-corrected chi connectivity index (χ2v) is 7.24. The first-order valence-electron chi connectivity index (χ1n) is 9.84. The van der Waals surface area contributed by atoms with E-state index in [0.717, 1.165) is 48.3 Å². The summed E-state index contributed by atoms with van der Waals surface area (Å²) in [6, 6.07) is 9.85. The smallest absolute Gasteiger partial charge is 0.191 e. The van der Waals surface area contributed by atoms with Gasteiger partial charge in [-0.05, 0) is 43.5 Å². The van der Waals surface area contributed by atoms with E-state index in [1.807, 2.05) is 60.5 Å². The van der Waals surface area contributed by atoms with Crippen LogP contribution in [0.25, 0.3) is 0 Å². The molecule has 0 bridgehead atoms. The molecule has 3 aromatic rings. The highest BCUT2D eigenvalue weighted by Crippen LogP contribution is 2.19. The third-order valence-electron chi connectivity index (χ3n) is 4.83. The second kappa shape index (κ2) is 12.6. The lowest BCUT2D eigenvalue weighted by Crippen LogP contribution is -2.41. The standard InChI is InChI=1S/C21H28ClN7.HI/c1-17-24-12-15-28(17)13-4-3-10-25-21(23-2)26-16-20(29-14-5-11-27-29)18-6-8-19(22)9-7-18;/h5-9,11-12,14-15,20H,3-4,10,13,16H2,1-2H3,(H2,23,25,26);1H. The topological polar surface area (TPSA) is 72.1 Å². The maximum Gasteiger partial charge on any atom is 0.191 e. The molecule has 1 unspecified atom stereocenters. The van der Waals surface area contributed by atoms with Crippen molar-refractivity contribution < 1.29 is 0 Å². The van der Waals surface area contributed by atoms with Crippen LogP contribution >= 0.6 is 35.6 Å². The summed E-state index contributed by atoms with van der Waals surface area (Å²) < 4.78 is 4.12. The Morgan fingerprint density at radius 2 is 1.93 bits per heavy atom. The second-order valence-electron chi connectivity index (χ2n) is 6.81. The fourth-order valence-corrected chi connectivity index (χ4v) is 3.31. The maximum atomic E-state index is 6.04. The van der Waals surface area contributed by atoms with Gasteiger partial charge in [-0.3, -0.25) is 9.67 Å². The van der Waals surface area contributed by atoms with Gasteiger partial charge in [0.1, 0.15) is 5.82 Å². The van der Waals surface area contributed by atoms with Crippen LogP contribution in [0.4, 0.5) is 0 Å². The van der Waals surface area contributed by atoms with Gasteiger partial charge in [0.05, 0.1) is 6.04 Å². The van der Waals surface area contributed by atoms with Crippen molar-refractivity contribution in [3.63, 3.8) is 0 Å². The third kappa shape index (κ3) is 7.02.